The first-order valence-electron chi connectivity index (χ1n) is 12.6. The number of carbonyl (C=O) groups excluding carboxylic acids is 2. The van der Waals surface area contributed by atoms with Gasteiger partial charge >= 0.3 is 11.9 Å². The summed E-state index contributed by atoms with van der Waals surface area (Å²) in [5, 5.41) is 0. The standard InChI is InChI=1S/C31H30F2INO3/c1-3-38-29(37)31(32,33)20-30(2)21-35(28(36)23-14-8-5-9-15-23)26-17-11-10-16-24(26)27(25(30)18-19-34)22-12-6-4-7-13-22/h4-17H,3,18-21H2,1-2H3. The number of para-hydroxylation sites is 1. The van der Waals surface area contributed by atoms with Gasteiger partial charge in [0.15, 0.2) is 0 Å². The van der Waals surface area contributed by atoms with E-state index < -0.39 is 23.7 Å². The van der Waals surface area contributed by atoms with Crippen molar-refractivity contribution < 1.29 is 23.1 Å². The smallest absolute Gasteiger partial charge is 0.376 e. The summed E-state index contributed by atoms with van der Waals surface area (Å²) >= 11 is 2.25. The van der Waals surface area contributed by atoms with E-state index in [1.54, 1.807) is 36.1 Å². The van der Waals surface area contributed by atoms with Gasteiger partial charge in [0.05, 0.1) is 12.3 Å². The second-order valence-electron chi connectivity index (χ2n) is 9.60. The molecule has 7 heteroatoms. The maximum atomic E-state index is 15.5. The molecular formula is C31H30F2INO3. The molecule has 4 rings (SSSR count). The van der Waals surface area contributed by atoms with Crippen molar-refractivity contribution in [3.8, 4) is 0 Å². The summed E-state index contributed by atoms with van der Waals surface area (Å²) in [5.74, 6) is -5.56. The molecule has 3 aromatic rings. The van der Waals surface area contributed by atoms with Crippen molar-refractivity contribution in [1.82, 2.24) is 0 Å². The minimum atomic E-state index is -3.74. The molecule has 0 saturated heterocycles. The average Bonchev–Trinajstić information content (AvgIpc) is 3.02. The fourth-order valence-corrected chi connectivity index (χ4v) is 5.79. The molecule has 1 amide bonds. The molecule has 4 nitrogen and oxygen atoms in total. The van der Waals surface area contributed by atoms with Gasteiger partial charge in [-0.15, -0.1) is 0 Å². The number of halogens is 3. The van der Waals surface area contributed by atoms with Crippen LogP contribution >= 0.6 is 22.6 Å². The van der Waals surface area contributed by atoms with Crippen molar-refractivity contribution in [2.75, 3.05) is 22.5 Å². The number of carbonyl (C=O) groups is 2. The Labute approximate surface area is 235 Å². The molecule has 3 aromatic carbocycles. The normalized spacial score (nSPS) is 17.6. The Kier molecular flexibility index (Phi) is 8.65. The zero-order valence-corrected chi connectivity index (χ0v) is 23.6. The molecule has 0 aliphatic carbocycles. The van der Waals surface area contributed by atoms with Crippen LogP contribution in [-0.2, 0) is 9.53 Å². The van der Waals surface area contributed by atoms with Gasteiger partial charge in [-0.2, -0.15) is 8.78 Å². The van der Waals surface area contributed by atoms with E-state index in [-0.39, 0.29) is 19.1 Å². The number of anilines is 1. The van der Waals surface area contributed by atoms with Crippen molar-refractivity contribution in [2.24, 2.45) is 5.41 Å². The fraction of sp³-hybridized carbons (Fsp3) is 0.290. The largest absolute Gasteiger partial charge is 0.462 e. The molecule has 38 heavy (non-hydrogen) atoms. The number of ether oxygens (including phenoxy) is 1. The Morgan fingerprint density at radius 3 is 2.21 bits per heavy atom. The zero-order chi connectivity index (χ0) is 27.3. The highest BCUT2D eigenvalue weighted by Gasteiger charge is 2.50. The van der Waals surface area contributed by atoms with Gasteiger partial charge in [-0.25, -0.2) is 4.79 Å². The van der Waals surface area contributed by atoms with Crippen molar-refractivity contribution in [3.05, 3.63) is 107 Å². The van der Waals surface area contributed by atoms with Crippen molar-refractivity contribution in [1.29, 1.82) is 0 Å². The van der Waals surface area contributed by atoms with E-state index in [2.05, 4.69) is 22.6 Å². The average molecular weight is 629 g/mol. The summed E-state index contributed by atoms with van der Waals surface area (Å²) < 4.78 is 36.4. The molecule has 0 N–H and O–H groups in total. The van der Waals surface area contributed by atoms with Crippen LogP contribution in [0.25, 0.3) is 5.57 Å². The molecule has 0 radical (unpaired) electrons. The number of esters is 1. The van der Waals surface area contributed by atoms with Gasteiger partial charge < -0.3 is 9.64 Å². The number of nitrogens with zero attached hydrogens (tertiary/aromatic N) is 1. The second kappa shape index (κ2) is 11.8. The number of hydrogen-bond donors (Lipinski definition) is 0. The van der Waals surface area contributed by atoms with E-state index in [9.17, 15) is 9.59 Å². The first-order valence-corrected chi connectivity index (χ1v) is 14.1. The molecule has 0 saturated carbocycles. The first-order chi connectivity index (χ1) is 18.2. The van der Waals surface area contributed by atoms with Gasteiger partial charge in [-0.05, 0) is 42.7 Å². The topological polar surface area (TPSA) is 46.6 Å². The number of amides is 1. The second-order valence-corrected chi connectivity index (χ2v) is 10.7. The molecule has 1 heterocycles. The first kappa shape index (κ1) is 28.0. The summed E-state index contributed by atoms with van der Waals surface area (Å²) in [6.07, 6.45) is -0.268. The molecule has 1 aliphatic rings. The molecule has 0 spiro atoms. The van der Waals surface area contributed by atoms with Crippen LogP contribution in [0.15, 0.2) is 90.5 Å². The van der Waals surface area contributed by atoms with Gasteiger partial charge in [-0.3, -0.25) is 4.79 Å². The van der Waals surface area contributed by atoms with Crippen LogP contribution in [0.5, 0.6) is 0 Å². The van der Waals surface area contributed by atoms with Crippen LogP contribution in [0, 0.1) is 5.41 Å². The van der Waals surface area contributed by atoms with E-state index in [1.165, 1.54) is 6.92 Å². The molecule has 0 fully saturated rings. The summed E-state index contributed by atoms with van der Waals surface area (Å²) in [4.78, 5) is 27.9. The molecule has 198 valence electrons. The Bertz CT molecular complexity index is 1330. The predicted molar refractivity (Wildman–Crippen MR) is 155 cm³/mol. The minimum absolute atomic E-state index is 0.0188. The maximum Gasteiger partial charge on any atom is 0.376 e. The van der Waals surface area contributed by atoms with Gasteiger partial charge in [0, 0.05) is 33.9 Å². The quantitative estimate of drug-likeness (QED) is 0.147. The molecule has 1 atom stereocenters. The highest BCUT2D eigenvalue weighted by Crippen LogP contribution is 2.50. The third kappa shape index (κ3) is 5.67. The Morgan fingerprint density at radius 1 is 0.974 bits per heavy atom. The Morgan fingerprint density at radius 2 is 1.58 bits per heavy atom. The van der Waals surface area contributed by atoms with Crippen LogP contribution in [-0.4, -0.2) is 35.4 Å². The Hall–Kier alpha value is -3.07. The highest BCUT2D eigenvalue weighted by molar-refractivity contribution is 14.1. The minimum Gasteiger partial charge on any atom is -0.462 e. The third-order valence-electron chi connectivity index (χ3n) is 6.86. The summed E-state index contributed by atoms with van der Waals surface area (Å²) in [6.45, 7) is 3.09. The number of alkyl halides is 3. The highest BCUT2D eigenvalue weighted by atomic mass is 127. The third-order valence-corrected chi connectivity index (χ3v) is 7.40. The van der Waals surface area contributed by atoms with Crippen LogP contribution in [0.1, 0.15) is 48.2 Å². The molecule has 1 unspecified atom stereocenters. The van der Waals surface area contributed by atoms with E-state index >= 15 is 8.78 Å². The van der Waals surface area contributed by atoms with Gasteiger partial charge in [0.25, 0.3) is 5.91 Å². The monoisotopic (exact) mass is 629 g/mol. The van der Waals surface area contributed by atoms with Crippen molar-refractivity contribution in [3.63, 3.8) is 0 Å². The van der Waals surface area contributed by atoms with Gasteiger partial charge in [0.2, 0.25) is 0 Å². The van der Waals surface area contributed by atoms with Crippen molar-refractivity contribution >= 4 is 45.7 Å². The van der Waals surface area contributed by atoms with E-state index in [0.29, 0.717) is 22.1 Å². The summed E-state index contributed by atoms with van der Waals surface area (Å²) in [5.41, 5.74) is 3.15. The number of fused-ring (bicyclic) bond motifs is 1. The van der Waals surface area contributed by atoms with Crippen LogP contribution in [0.2, 0.25) is 0 Å². The molecule has 1 aliphatic heterocycles. The van der Waals surface area contributed by atoms with E-state index in [0.717, 1.165) is 22.3 Å². The number of rotatable bonds is 8. The Balaban J connectivity index is 1.99. The lowest BCUT2D eigenvalue weighted by Gasteiger charge is -2.38. The van der Waals surface area contributed by atoms with Crippen molar-refractivity contribution in [2.45, 2.75) is 32.6 Å². The zero-order valence-electron chi connectivity index (χ0n) is 21.4. The van der Waals surface area contributed by atoms with Crippen LogP contribution in [0.4, 0.5) is 14.5 Å². The maximum absolute atomic E-state index is 15.5. The lowest BCUT2D eigenvalue weighted by molar-refractivity contribution is -0.175. The molecule has 0 aromatic heterocycles. The van der Waals surface area contributed by atoms with Gasteiger partial charge in [0.1, 0.15) is 0 Å². The predicted octanol–water partition coefficient (Wildman–Crippen LogP) is 7.57. The van der Waals surface area contributed by atoms with Crippen LogP contribution < -0.4 is 4.90 Å². The number of benzene rings is 3. The lowest BCUT2D eigenvalue weighted by Crippen LogP contribution is -2.45. The van der Waals surface area contributed by atoms with E-state index in [1.807, 2.05) is 60.7 Å². The molecular weight excluding hydrogens is 599 g/mol. The van der Waals surface area contributed by atoms with E-state index in [4.69, 9.17) is 4.74 Å². The molecule has 0 bridgehead atoms. The van der Waals surface area contributed by atoms with Gasteiger partial charge in [-0.1, -0.05) is 102 Å². The summed E-state index contributed by atoms with van der Waals surface area (Å²) in [7, 11) is 0. The lowest BCUT2D eigenvalue weighted by atomic mass is 9.72. The summed E-state index contributed by atoms with van der Waals surface area (Å²) in [6, 6.07) is 26.0. The number of hydrogen-bond acceptors (Lipinski definition) is 3. The SMILES string of the molecule is CCOC(=O)C(F)(F)CC1(C)CN(C(=O)c2ccccc2)c2ccccc2C(c2ccccc2)=C1CCI. The van der Waals surface area contributed by atoms with Crippen LogP contribution in [0.3, 0.4) is 0 Å². The fourth-order valence-electron chi connectivity index (χ4n) is 5.25.